The standard InChI is InChI=1S/C10H14O3/c1-8(2)5-10(11)13-7-9-3-4-12-6-9/h3-4,6,8H,5,7H2,1-2H3. The topological polar surface area (TPSA) is 39.4 Å². The monoisotopic (exact) mass is 182 g/mol. The molecule has 0 amide bonds. The lowest BCUT2D eigenvalue weighted by molar-refractivity contribution is -0.145. The predicted molar refractivity (Wildman–Crippen MR) is 48.0 cm³/mol. The number of carbonyl (C=O) groups excluding carboxylic acids is 1. The van der Waals surface area contributed by atoms with Gasteiger partial charge in [-0.1, -0.05) is 13.8 Å². The van der Waals surface area contributed by atoms with Gasteiger partial charge in [0.25, 0.3) is 0 Å². The Morgan fingerprint density at radius 1 is 1.62 bits per heavy atom. The first kappa shape index (κ1) is 9.84. The number of furan rings is 1. The highest BCUT2D eigenvalue weighted by Crippen LogP contribution is 2.05. The van der Waals surface area contributed by atoms with Gasteiger partial charge in [-0.25, -0.2) is 0 Å². The SMILES string of the molecule is CC(C)CC(=O)OCc1ccoc1. The molecule has 3 nitrogen and oxygen atoms in total. The van der Waals surface area contributed by atoms with Crippen molar-refractivity contribution < 1.29 is 13.9 Å². The zero-order valence-corrected chi connectivity index (χ0v) is 7.95. The summed E-state index contributed by atoms with van der Waals surface area (Å²) in [5, 5.41) is 0. The summed E-state index contributed by atoms with van der Waals surface area (Å²) in [6.07, 6.45) is 3.60. The Kier molecular flexibility index (Phi) is 3.55. The quantitative estimate of drug-likeness (QED) is 0.671. The lowest BCUT2D eigenvalue weighted by Gasteiger charge is -2.04. The highest BCUT2D eigenvalue weighted by molar-refractivity contribution is 5.69. The van der Waals surface area contributed by atoms with Crippen molar-refractivity contribution in [1.82, 2.24) is 0 Å². The molecule has 0 fully saturated rings. The third kappa shape index (κ3) is 3.78. The van der Waals surface area contributed by atoms with E-state index in [0.29, 0.717) is 18.9 Å². The minimum Gasteiger partial charge on any atom is -0.472 e. The van der Waals surface area contributed by atoms with Crippen LogP contribution in [0.2, 0.25) is 0 Å². The molecule has 0 aliphatic rings. The summed E-state index contributed by atoms with van der Waals surface area (Å²) in [6, 6.07) is 1.78. The molecule has 0 saturated heterocycles. The van der Waals surface area contributed by atoms with Gasteiger partial charge in [0.15, 0.2) is 0 Å². The van der Waals surface area contributed by atoms with E-state index >= 15 is 0 Å². The molecule has 1 aromatic heterocycles. The largest absolute Gasteiger partial charge is 0.472 e. The molecule has 0 saturated carbocycles. The minimum atomic E-state index is -0.156. The van der Waals surface area contributed by atoms with Gasteiger partial charge in [0.2, 0.25) is 0 Å². The van der Waals surface area contributed by atoms with Crippen molar-refractivity contribution in [3.63, 3.8) is 0 Å². The van der Waals surface area contributed by atoms with Crippen molar-refractivity contribution in [2.24, 2.45) is 5.92 Å². The van der Waals surface area contributed by atoms with E-state index in [0.717, 1.165) is 5.56 Å². The molecule has 72 valence electrons. The van der Waals surface area contributed by atoms with Crippen LogP contribution in [-0.2, 0) is 16.1 Å². The van der Waals surface area contributed by atoms with E-state index in [-0.39, 0.29) is 5.97 Å². The van der Waals surface area contributed by atoms with E-state index in [1.165, 1.54) is 0 Å². The maximum Gasteiger partial charge on any atom is 0.306 e. The van der Waals surface area contributed by atoms with Crippen LogP contribution in [0.3, 0.4) is 0 Å². The van der Waals surface area contributed by atoms with Crippen LogP contribution in [-0.4, -0.2) is 5.97 Å². The van der Waals surface area contributed by atoms with Crippen molar-refractivity contribution in [3.8, 4) is 0 Å². The van der Waals surface area contributed by atoms with Crippen molar-refractivity contribution in [2.45, 2.75) is 26.9 Å². The Hall–Kier alpha value is -1.25. The Labute approximate surface area is 77.7 Å². The number of ether oxygens (including phenoxy) is 1. The summed E-state index contributed by atoms with van der Waals surface area (Å²) in [5.41, 5.74) is 0.886. The van der Waals surface area contributed by atoms with Crippen LogP contribution >= 0.6 is 0 Å². The third-order valence-electron chi connectivity index (χ3n) is 1.55. The second kappa shape index (κ2) is 4.70. The molecule has 0 unspecified atom stereocenters. The van der Waals surface area contributed by atoms with Crippen molar-refractivity contribution in [3.05, 3.63) is 24.2 Å². The average Bonchev–Trinajstić information content (AvgIpc) is 2.51. The Morgan fingerprint density at radius 3 is 2.92 bits per heavy atom. The third-order valence-corrected chi connectivity index (χ3v) is 1.55. The molecule has 1 rings (SSSR count). The van der Waals surface area contributed by atoms with Gasteiger partial charge in [-0.15, -0.1) is 0 Å². The molecule has 0 atom stereocenters. The van der Waals surface area contributed by atoms with E-state index in [1.807, 2.05) is 13.8 Å². The van der Waals surface area contributed by atoms with Gasteiger partial charge in [0.05, 0.1) is 12.5 Å². The summed E-state index contributed by atoms with van der Waals surface area (Å²) in [4.78, 5) is 11.1. The smallest absolute Gasteiger partial charge is 0.306 e. The van der Waals surface area contributed by atoms with Crippen LogP contribution in [0, 0.1) is 5.92 Å². The van der Waals surface area contributed by atoms with Gasteiger partial charge < -0.3 is 9.15 Å². The summed E-state index contributed by atoms with van der Waals surface area (Å²) in [5.74, 6) is 0.188. The maximum atomic E-state index is 11.1. The second-order valence-electron chi connectivity index (χ2n) is 3.39. The Balaban J connectivity index is 2.23. The highest BCUT2D eigenvalue weighted by Gasteiger charge is 2.06. The van der Waals surface area contributed by atoms with Gasteiger partial charge in [0, 0.05) is 12.0 Å². The molecule has 0 aromatic carbocycles. The molecule has 0 spiro atoms. The summed E-state index contributed by atoms with van der Waals surface area (Å²) < 4.78 is 9.83. The van der Waals surface area contributed by atoms with Crippen molar-refractivity contribution in [2.75, 3.05) is 0 Å². The Bertz CT molecular complexity index is 249. The van der Waals surface area contributed by atoms with Crippen molar-refractivity contribution >= 4 is 5.97 Å². The fourth-order valence-corrected chi connectivity index (χ4v) is 0.931. The van der Waals surface area contributed by atoms with E-state index < -0.39 is 0 Å². The van der Waals surface area contributed by atoms with Gasteiger partial charge in [-0.2, -0.15) is 0 Å². The lowest BCUT2D eigenvalue weighted by Crippen LogP contribution is -2.07. The zero-order chi connectivity index (χ0) is 9.68. The van der Waals surface area contributed by atoms with E-state index in [9.17, 15) is 4.79 Å². The van der Waals surface area contributed by atoms with Crippen molar-refractivity contribution in [1.29, 1.82) is 0 Å². The van der Waals surface area contributed by atoms with E-state index in [4.69, 9.17) is 9.15 Å². The highest BCUT2D eigenvalue weighted by atomic mass is 16.5. The summed E-state index contributed by atoms with van der Waals surface area (Å²) in [6.45, 7) is 4.28. The lowest BCUT2D eigenvalue weighted by atomic mass is 10.1. The van der Waals surface area contributed by atoms with Gasteiger partial charge in [-0.3, -0.25) is 4.79 Å². The van der Waals surface area contributed by atoms with Crippen LogP contribution in [0.15, 0.2) is 23.0 Å². The second-order valence-corrected chi connectivity index (χ2v) is 3.39. The first-order valence-corrected chi connectivity index (χ1v) is 4.35. The van der Waals surface area contributed by atoms with Gasteiger partial charge >= 0.3 is 5.97 Å². The molecule has 13 heavy (non-hydrogen) atoms. The fourth-order valence-electron chi connectivity index (χ4n) is 0.931. The number of carbonyl (C=O) groups is 1. The Morgan fingerprint density at radius 2 is 2.38 bits per heavy atom. The average molecular weight is 182 g/mol. The van der Waals surface area contributed by atoms with E-state index in [1.54, 1.807) is 18.6 Å². The number of esters is 1. The number of hydrogen-bond acceptors (Lipinski definition) is 3. The van der Waals surface area contributed by atoms with Gasteiger partial charge in [0.1, 0.15) is 6.61 Å². The summed E-state index contributed by atoms with van der Waals surface area (Å²) >= 11 is 0. The number of rotatable bonds is 4. The van der Waals surface area contributed by atoms with Crippen LogP contribution in [0.1, 0.15) is 25.8 Å². The summed E-state index contributed by atoms with van der Waals surface area (Å²) in [7, 11) is 0. The van der Waals surface area contributed by atoms with E-state index in [2.05, 4.69) is 0 Å². The molecule has 0 bridgehead atoms. The van der Waals surface area contributed by atoms with Crippen LogP contribution in [0.25, 0.3) is 0 Å². The van der Waals surface area contributed by atoms with Crippen LogP contribution < -0.4 is 0 Å². The molecule has 3 heteroatoms. The predicted octanol–water partition coefficient (Wildman–Crippen LogP) is 2.37. The zero-order valence-electron chi connectivity index (χ0n) is 7.95. The molecular formula is C10H14O3. The minimum absolute atomic E-state index is 0.156. The molecule has 0 radical (unpaired) electrons. The maximum absolute atomic E-state index is 11.1. The first-order chi connectivity index (χ1) is 6.18. The molecule has 0 aliphatic heterocycles. The normalized spacial score (nSPS) is 10.4. The first-order valence-electron chi connectivity index (χ1n) is 4.35. The molecule has 0 aliphatic carbocycles. The molecule has 1 aromatic rings. The van der Waals surface area contributed by atoms with Gasteiger partial charge in [-0.05, 0) is 12.0 Å². The molecular weight excluding hydrogens is 168 g/mol. The molecule has 0 N–H and O–H groups in total. The fraction of sp³-hybridized carbons (Fsp3) is 0.500. The van der Waals surface area contributed by atoms with Crippen LogP contribution in [0.5, 0.6) is 0 Å². The number of hydrogen-bond donors (Lipinski definition) is 0. The van der Waals surface area contributed by atoms with Crippen LogP contribution in [0.4, 0.5) is 0 Å². The molecule has 1 heterocycles.